The molecule has 0 spiro atoms. The molecular weight excluding hydrogens is 324 g/mol. The van der Waals surface area contributed by atoms with Crippen LogP contribution < -0.4 is 5.14 Å². The predicted molar refractivity (Wildman–Crippen MR) is 82.3 cm³/mol. The van der Waals surface area contributed by atoms with Gasteiger partial charge in [0.1, 0.15) is 0 Å². The molecule has 8 heteroatoms. The molecule has 0 aliphatic rings. The van der Waals surface area contributed by atoms with Crippen LogP contribution in [0, 0.1) is 0 Å². The van der Waals surface area contributed by atoms with E-state index in [1.165, 1.54) is 24.3 Å². The van der Waals surface area contributed by atoms with Gasteiger partial charge in [-0.25, -0.2) is 25.9 Å². The van der Waals surface area contributed by atoms with Crippen molar-refractivity contribution in [1.29, 1.82) is 0 Å². The maximum atomic E-state index is 12.8. The van der Waals surface area contributed by atoms with Gasteiger partial charge in [0.05, 0.1) is 10.4 Å². The number of hydrogen-bond acceptors (Lipinski definition) is 4. The van der Waals surface area contributed by atoms with Crippen molar-refractivity contribution in [3.63, 3.8) is 0 Å². The van der Waals surface area contributed by atoms with E-state index in [9.17, 15) is 16.8 Å². The summed E-state index contributed by atoms with van der Waals surface area (Å²) in [4.78, 5) is -0.0127. The molecule has 3 aromatic rings. The molecule has 114 valence electrons. The number of primary sulfonamides is 1. The molecule has 0 unspecified atom stereocenters. The van der Waals surface area contributed by atoms with Gasteiger partial charge in [-0.15, -0.1) is 0 Å². The monoisotopic (exact) mass is 336 g/mol. The van der Waals surface area contributed by atoms with Crippen molar-refractivity contribution in [2.45, 2.75) is 9.92 Å². The van der Waals surface area contributed by atoms with Gasteiger partial charge in [-0.1, -0.05) is 36.4 Å². The molecule has 0 fully saturated rings. The second-order valence-electron chi connectivity index (χ2n) is 4.67. The Morgan fingerprint density at radius 2 is 1.41 bits per heavy atom. The lowest BCUT2D eigenvalue weighted by atomic mass is 10.3. The summed E-state index contributed by atoms with van der Waals surface area (Å²) in [6.07, 6.45) is 0. The van der Waals surface area contributed by atoms with E-state index in [2.05, 4.69) is 0 Å². The molecule has 2 aromatic carbocycles. The van der Waals surface area contributed by atoms with E-state index < -0.39 is 25.1 Å². The second kappa shape index (κ2) is 4.94. The number of nitrogens with zero attached hydrogens (tertiary/aromatic N) is 1. The smallest absolute Gasteiger partial charge is 0.223 e. The standard InChI is InChI=1S/C14H12N2O4S2/c15-21(17,18)14-10-11-6-4-5-9-13(11)16(14)22(19,20)12-7-2-1-3-8-12/h1-10H,(H2,15,17,18). The average Bonchev–Trinajstić information content (AvgIpc) is 2.88. The highest BCUT2D eigenvalue weighted by Crippen LogP contribution is 2.27. The third-order valence-electron chi connectivity index (χ3n) is 3.21. The van der Waals surface area contributed by atoms with Gasteiger partial charge in [0.15, 0.2) is 5.03 Å². The molecule has 0 aliphatic heterocycles. The second-order valence-corrected chi connectivity index (χ2v) is 7.96. The molecule has 0 radical (unpaired) electrons. The van der Waals surface area contributed by atoms with Gasteiger partial charge in [0.25, 0.3) is 20.0 Å². The molecule has 3 rings (SSSR count). The fourth-order valence-corrected chi connectivity index (χ4v) is 4.90. The minimum absolute atomic E-state index is 0.0127. The summed E-state index contributed by atoms with van der Waals surface area (Å²) >= 11 is 0. The van der Waals surface area contributed by atoms with Gasteiger partial charge in [-0.3, -0.25) is 0 Å². The molecule has 0 amide bonds. The number of rotatable bonds is 3. The fraction of sp³-hybridized carbons (Fsp3) is 0. The van der Waals surface area contributed by atoms with Gasteiger partial charge in [-0.05, 0) is 24.3 Å². The van der Waals surface area contributed by atoms with E-state index in [4.69, 9.17) is 5.14 Å². The summed E-state index contributed by atoms with van der Waals surface area (Å²) in [7, 11) is -8.28. The van der Waals surface area contributed by atoms with Crippen molar-refractivity contribution >= 4 is 30.9 Å². The Morgan fingerprint density at radius 1 is 0.818 bits per heavy atom. The van der Waals surface area contributed by atoms with E-state index in [-0.39, 0.29) is 10.4 Å². The largest absolute Gasteiger partial charge is 0.269 e. The molecule has 0 saturated heterocycles. The van der Waals surface area contributed by atoms with Crippen LogP contribution >= 0.6 is 0 Å². The van der Waals surface area contributed by atoms with Crippen LogP contribution in [0.3, 0.4) is 0 Å². The third-order valence-corrected chi connectivity index (χ3v) is 5.95. The molecule has 6 nitrogen and oxygen atoms in total. The first-order valence-electron chi connectivity index (χ1n) is 6.26. The zero-order chi connectivity index (χ0) is 16.0. The van der Waals surface area contributed by atoms with Crippen LogP contribution in [0.25, 0.3) is 10.9 Å². The van der Waals surface area contributed by atoms with Crippen molar-refractivity contribution in [2.24, 2.45) is 5.14 Å². The van der Waals surface area contributed by atoms with Crippen LogP contribution in [0.15, 0.2) is 70.6 Å². The molecule has 0 aliphatic carbocycles. The van der Waals surface area contributed by atoms with Crippen LogP contribution in [0.4, 0.5) is 0 Å². The van der Waals surface area contributed by atoms with Crippen LogP contribution in [0.5, 0.6) is 0 Å². The Bertz CT molecular complexity index is 1050. The Morgan fingerprint density at radius 3 is 2.05 bits per heavy atom. The zero-order valence-corrected chi connectivity index (χ0v) is 12.9. The highest BCUT2D eigenvalue weighted by Gasteiger charge is 2.27. The minimum atomic E-state index is -4.20. The molecule has 1 aromatic heterocycles. The van der Waals surface area contributed by atoms with Gasteiger partial charge < -0.3 is 0 Å². The first-order chi connectivity index (χ1) is 10.3. The molecule has 0 bridgehead atoms. The van der Waals surface area contributed by atoms with Crippen LogP contribution in [0.2, 0.25) is 0 Å². The normalized spacial score (nSPS) is 12.6. The third kappa shape index (κ3) is 2.31. The van der Waals surface area contributed by atoms with Crippen LogP contribution in [0.1, 0.15) is 0 Å². The van der Waals surface area contributed by atoms with E-state index in [1.807, 2.05) is 0 Å². The zero-order valence-electron chi connectivity index (χ0n) is 11.2. The predicted octanol–water partition coefficient (Wildman–Crippen LogP) is 1.53. The lowest BCUT2D eigenvalue weighted by Crippen LogP contribution is -2.22. The SMILES string of the molecule is NS(=O)(=O)c1cc2ccccc2n1S(=O)(=O)c1ccccc1. The van der Waals surface area contributed by atoms with Crippen molar-refractivity contribution in [1.82, 2.24) is 3.97 Å². The molecular formula is C14H12N2O4S2. The Kier molecular flexibility index (Phi) is 3.32. The number of fused-ring (bicyclic) bond motifs is 1. The summed E-state index contributed by atoms with van der Waals surface area (Å²) < 4.78 is 50.0. The summed E-state index contributed by atoms with van der Waals surface area (Å²) in [6, 6.07) is 15.3. The van der Waals surface area contributed by atoms with Crippen molar-refractivity contribution in [3.8, 4) is 0 Å². The molecule has 0 saturated carbocycles. The highest BCUT2D eigenvalue weighted by atomic mass is 32.2. The van der Waals surface area contributed by atoms with Crippen LogP contribution in [-0.2, 0) is 20.0 Å². The lowest BCUT2D eigenvalue weighted by molar-refractivity contribution is 0.574. The Hall–Kier alpha value is -2.16. The number of aromatic nitrogens is 1. The Labute approximate surface area is 127 Å². The topological polar surface area (TPSA) is 99.2 Å². The molecule has 1 heterocycles. The quantitative estimate of drug-likeness (QED) is 0.784. The molecule has 0 atom stereocenters. The van der Waals surface area contributed by atoms with Gasteiger partial charge in [0, 0.05) is 5.39 Å². The van der Waals surface area contributed by atoms with Crippen LogP contribution in [-0.4, -0.2) is 20.8 Å². The van der Waals surface area contributed by atoms with E-state index in [1.54, 1.807) is 36.4 Å². The van der Waals surface area contributed by atoms with E-state index in [0.29, 0.717) is 5.39 Å². The number of sulfonamides is 1. The van der Waals surface area contributed by atoms with Crippen molar-refractivity contribution < 1.29 is 16.8 Å². The first kappa shape index (κ1) is 14.8. The lowest BCUT2D eigenvalue weighted by Gasteiger charge is -2.10. The number of para-hydroxylation sites is 1. The average molecular weight is 336 g/mol. The molecule has 22 heavy (non-hydrogen) atoms. The summed E-state index contributed by atoms with van der Waals surface area (Å²) in [5.74, 6) is 0. The summed E-state index contributed by atoms with van der Waals surface area (Å²) in [6.45, 7) is 0. The number of nitrogens with two attached hydrogens (primary N) is 1. The number of hydrogen-bond donors (Lipinski definition) is 1. The Balaban J connectivity index is 2.45. The van der Waals surface area contributed by atoms with Crippen molar-refractivity contribution in [2.75, 3.05) is 0 Å². The highest BCUT2D eigenvalue weighted by molar-refractivity contribution is 7.92. The van der Waals surface area contributed by atoms with E-state index >= 15 is 0 Å². The van der Waals surface area contributed by atoms with E-state index in [0.717, 1.165) is 3.97 Å². The summed E-state index contributed by atoms with van der Waals surface area (Å²) in [5.41, 5.74) is 0.260. The van der Waals surface area contributed by atoms with Gasteiger partial charge in [-0.2, -0.15) is 0 Å². The summed E-state index contributed by atoms with van der Waals surface area (Å²) in [5, 5.41) is 5.20. The number of benzene rings is 2. The maximum Gasteiger partial charge on any atom is 0.269 e. The fourth-order valence-electron chi connectivity index (χ4n) is 2.25. The molecule has 2 N–H and O–H groups in total. The first-order valence-corrected chi connectivity index (χ1v) is 9.24. The maximum absolute atomic E-state index is 12.8. The van der Waals surface area contributed by atoms with Gasteiger partial charge in [0.2, 0.25) is 0 Å². The van der Waals surface area contributed by atoms with Gasteiger partial charge >= 0.3 is 0 Å². The van der Waals surface area contributed by atoms with Crippen molar-refractivity contribution in [3.05, 3.63) is 60.7 Å². The minimum Gasteiger partial charge on any atom is -0.223 e.